The smallest absolute Gasteiger partial charge is 0.277 e. The Kier molecular flexibility index (Phi) is 8.92. The summed E-state index contributed by atoms with van der Waals surface area (Å²) in [7, 11) is 0. The van der Waals surface area contributed by atoms with Crippen molar-refractivity contribution < 1.29 is 9.59 Å². The number of nitrogens with zero attached hydrogens (tertiary/aromatic N) is 4. The van der Waals surface area contributed by atoms with E-state index >= 15 is 0 Å². The molecule has 0 aliphatic carbocycles. The van der Waals surface area contributed by atoms with Crippen molar-refractivity contribution in [3.63, 3.8) is 0 Å². The van der Waals surface area contributed by atoms with E-state index < -0.39 is 0 Å². The van der Waals surface area contributed by atoms with Crippen LogP contribution in [0.5, 0.6) is 0 Å². The summed E-state index contributed by atoms with van der Waals surface area (Å²) in [6, 6.07) is 12.2. The number of hydrogen-bond donors (Lipinski definition) is 3. The van der Waals surface area contributed by atoms with E-state index in [0.29, 0.717) is 17.1 Å². The Morgan fingerprint density at radius 1 is 1.00 bits per heavy atom. The molecule has 2 amide bonds. The van der Waals surface area contributed by atoms with Crippen LogP contribution in [-0.2, 0) is 0 Å². The predicted octanol–water partition coefficient (Wildman–Crippen LogP) is 2.95. The molecule has 3 aromatic rings. The van der Waals surface area contributed by atoms with Crippen LogP contribution in [0.2, 0.25) is 0 Å². The van der Waals surface area contributed by atoms with E-state index in [9.17, 15) is 9.59 Å². The Morgan fingerprint density at radius 3 is 2.55 bits per heavy atom. The Morgan fingerprint density at radius 2 is 1.81 bits per heavy atom. The first-order valence-corrected chi connectivity index (χ1v) is 9.45. The number of piperidine rings is 1. The highest BCUT2D eigenvalue weighted by Crippen LogP contribution is 2.18. The quantitative estimate of drug-likeness (QED) is 0.535. The maximum atomic E-state index is 12.5. The summed E-state index contributed by atoms with van der Waals surface area (Å²) >= 11 is 0. The van der Waals surface area contributed by atoms with Crippen molar-refractivity contribution >= 4 is 48.1 Å². The number of benzene rings is 1. The molecule has 9 nitrogen and oxygen atoms in total. The summed E-state index contributed by atoms with van der Waals surface area (Å²) in [5, 5.41) is 16.9. The van der Waals surface area contributed by atoms with Crippen LogP contribution in [-0.4, -0.2) is 44.9 Å². The second kappa shape index (κ2) is 11.4. The third-order valence-corrected chi connectivity index (χ3v) is 4.71. The van der Waals surface area contributed by atoms with Gasteiger partial charge in [-0.3, -0.25) is 9.59 Å². The van der Waals surface area contributed by atoms with E-state index in [2.05, 4.69) is 31.2 Å². The summed E-state index contributed by atoms with van der Waals surface area (Å²) in [6.07, 6.45) is 5.18. The number of carbonyl (C=O) groups is 2. The van der Waals surface area contributed by atoms with Crippen molar-refractivity contribution in [3.05, 3.63) is 66.1 Å². The third kappa shape index (κ3) is 6.24. The van der Waals surface area contributed by atoms with E-state index in [4.69, 9.17) is 0 Å². The summed E-state index contributed by atoms with van der Waals surface area (Å²) in [5.74, 6) is -0.217. The summed E-state index contributed by atoms with van der Waals surface area (Å²) in [6.45, 7) is 1.86. The molecule has 1 saturated heterocycles. The highest BCUT2D eigenvalue weighted by Gasteiger charge is 2.19. The highest BCUT2D eigenvalue weighted by atomic mass is 35.5. The van der Waals surface area contributed by atoms with Gasteiger partial charge in [-0.25, -0.2) is 9.67 Å². The van der Waals surface area contributed by atoms with Gasteiger partial charge in [0, 0.05) is 17.4 Å². The zero-order valence-corrected chi connectivity index (χ0v) is 18.2. The van der Waals surface area contributed by atoms with Gasteiger partial charge in [0.2, 0.25) is 0 Å². The SMILES string of the molecule is Cl.Cl.O=C(Nc1ccccn1)c1cccc(NC(=O)c2cn(C3CCNCC3)nn2)c1. The Hall–Kier alpha value is -3.01. The molecule has 4 rings (SSSR count). The zero-order valence-electron chi connectivity index (χ0n) is 16.5. The molecule has 1 aliphatic heterocycles. The molecule has 11 heteroatoms. The van der Waals surface area contributed by atoms with Crippen molar-refractivity contribution in [1.82, 2.24) is 25.3 Å². The van der Waals surface area contributed by atoms with Gasteiger partial charge in [-0.05, 0) is 56.3 Å². The Labute approximate surface area is 191 Å². The maximum absolute atomic E-state index is 12.5. The molecule has 1 fully saturated rings. The lowest BCUT2D eigenvalue weighted by Crippen LogP contribution is -2.29. The van der Waals surface area contributed by atoms with Crippen LogP contribution in [0.15, 0.2) is 54.9 Å². The molecule has 0 radical (unpaired) electrons. The molecule has 164 valence electrons. The number of hydrogen-bond acceptors (Lipinski definition) is 6. The van der Waals surface area contributed by atoms with Gasteiger partial charge >= 0.3 is 0 Å². The molecule has 0 atom stereocenters. The molecule has 0 unspecified atom stereocenters. The average Bonchev–Trinajstić information content (AvgIpc) is 3.26. The Bertz CT molecular complexity index is 1010. The van der Waals surface area contributed by atoms with E-state index in [0.717, 1.165) is 25.9 Å². The standard InChI is InChI=1S/C20H21N7O2.2ClH/c28-19(24-18-6-1-2-9-22-18)14-4-3-5-15(12-14)23-20(29)17-13-27(26-25-17)16-7-10-21-11-8-16;;/h1-6,9,12-13,16,21H,7-8,10-11H2,(H,23,29)(H,22,24,28);2*1H. The van der Waals surface area contributed by atoms with Crippen molar-refractivity contribution in [2.45, 2.75) is 18.9 Å². The number of carbonyl (C=O) groups excluding carboxylic acids is 2. The molecule has 0 spiro atoms. The second-order valence-electron chi connectivity index (χ2n) is 6.77. The first kappa shape index (κ1) is 24.3. The topological polar surface area (TPSA) is 114 Å². The normalized spacial score (nSPS) is 13.4. The third-order valence-electron chi connectivity index (χ3n) is 4.71. The van der Waals surface area contributed by atoms with E-state index in [1.54, 1.807) is 59.5 Å². The summed E-state index contributed by atoms with van der Waals surface area (Å²) in [4.78, 5) is 29.0. The van der Waals surface area contributed by atoms with Crippen molar-refractivity contribution in [3.8, 4) is 0 Å². The van der Waals surface area contributed by atoms with E-state index in [1.165, 1.54) is 0 Å². The fourth-order valence-electron chi connectivity index (χ4n) is 3.19. The fraction of sp³-hybridized carbons (Fsp3) is 0.250. The van der Waals surface area contributed by atoms with Crippen LogP contribution < -0.4 is 16.0 Å². The largest absolute Gasteiger partial charge is 0.321 e. The van der Waals surface area contributed by atoms with Crippen LogP contribution in [0.3, 0.4) is 0 Å². The second-order valence-corrected chi connectivity index (χ2v) is 6.77. The van der Waals surface area contributed by atoms with Gasteiger partial charge in [0.05, 0.1) is 12.2 Å². The number of pyridine rings is 1. The van der Waals surface area contributed by atoms with Gasteiger partial charge in [0.1, 0.15) is 5.82 Å². The number of anilines is 2. The van der Waals surface area contributed by atoms with Crippen LogP contribution >= 0.6 is 24.8 Å². The van der Waals surface area contributed by atoms with Gasteiger partial charge in [0.15, 0.2) is 5.69 Å². The van der Waals surface area contributed by atoms with Gasteiger partial charge < -0.3 is 16.0 Å². The van der Waals surface area contributed by atoms with Crippen LogP contribution in [0.1, 0.15) is 39.7 Å². The Balaban J connectivity index is 0.00000171. The van der Waals surface area contributed by atoms with Gasteiger partial charge in [-0.15, -0.1) is 29.9 Å². The maximum Gasteiger partial charge on any atom is 0.277 e. The number of aromatic nitrogens is 4. The molecular formula is C20H23Cl2N7O2. The minimum atomic E-state index is -0.368. The van der Waals surface area contributed by atoms with E-state index in [1.807, 2.05) is 0 Å². The number of nitrogens with one attached hydrogen (secondary N) is 3. The van der Waals surface area contributed by atoms with Crippen LogP contribution in [0.25, 0.3) is 0 Å². The fourth-order valence-corrected chi connectivity index (χ4v) is 3.19. The molecule has 0 bridgehead atoms. The zero-order chi connectivity index (χ0) is 20.1. The lowest BCUT2D eigenvalue weighted by atomic mass is 10.1. The van der Waals surface area contributed by atoms with Crippen molar-refractivity contribution in [2.24, 2.45) is 0 Å². The first-order chi connectivity index (χ1) is 14.2. The minimum Gasteiger partial charge on any atom is -0.321 e. The number of amides is 2. The molecule has 3 N–H and O–H groups in total. The molecule has 2 aromatic heterocycles. The lowest BCUT2D eigenvalue weighted by molar-refractivity contribution is 0.101. The van der Waals surface area contributed by atoms with Crippen LogP contribution in [0.4, 0.5) is 11.5 Å². The average molecular weight is 464 g/mol. The molecular weight excluding hydrogens is 441 g/mol. The van der Waals surface area contributed by atoms with Crippen molar-refractivity contribution in [1.29, 1.82) is 0 Å². The van der Waals surface area contributed by atoms with E-state index in [-0.39, 0.29) is 48.4 Å². The predicted molar refractivity (Wildman–Crippen MR) is 122 cm³/mol. The number of rotatable bonds is 5. The highest BCUT2D eigenvalue weighted by molar-refractivity contribution is 6.06. The van der Waals surface area contributed by atoms with Gasteiger partial charge in [-0.1, -0.05) is 17.3 Å². The lowest BCUT2D eigenvalue weighted by Gasteiger charge is -2.22. The molecule has 1 aromatic carbocycles. The van der Waals surface area contributed by atoms with Crippen molar-refractivity contribution in [2.75, 3.05) is 23.7 Å². The molecule has 0 saturated carbocycles. The van der Waals surface area contributed by atoms with Crippen LogP contribution in [0, 0.1) is 0 Å². The molecule has 31 heavy (non-hydrogen) atoms. The summed E-state index contributed by atoms with van der Waals surface area (Å²) in [5.41, 5.74) is 1.15. The summed E-state index contributed by atoms with van der Waals surface area (Å²) < 4.78 is 1.76. The molecule has 1 aliphatic rings. The minimum absolute atomic E-state index is 0. The van der Waals surface area contributed by atoms with Gasteiger partial charge in [-0.2, -0.15) is 0 Å². The first-order valence-electron chi connectivity index (χ1n) is 9.45. The molecule has 3 heterocycles. The number of halogens is 2. The van der Waals surface area contributed by atoms with Gasteiger partial charge in [0.25, 0.3) is 11.8 Å². The monoisotopic (exact) mass is 463 g/mol.